The highest BCUT2D eigenvalue weighted by Crippen LogP contribution is 2.30. The van der Waals surface area contributed by atoms with Crippen LogP contribution in [-0.2, 0) is 22.6 Å². The minimum absolute atomic E-state index is 0.243. The third-order valence-electron chi connectivity index (χ3n) is 5.15. The van der Waals surface area contributed by atoms with Crippen molar-refractivity contribution in [2.75, 3.05) is 25.2 Å². The summed E-state index contributed by atoms with van der Waals surface area (Å²) in [5.41, 5.74) is 3.32. The third kappa shape index (κ3) is 4.69. The lowest BCUT2D eigenvalue weighted by Crippen LogP contribution is -2.33. The highest BCUT2D eigenvalue weighted by atomic mass is 16.5. The Hall–Kier alpha value is -3.80. The maximum atomic E-state index is 12.5. The molecular weight excluding hydrogens is 394 g/mol. The number of amides is 1. The lowest BCUT2D eigenvalue weighted by molar-refractivity contribution is -0.121. The molecule has 6 heteroatoms. The van der Waals surface area contributed by atoms with Crippen molar-refractivity contribution in [2.45, 2.75) is 13.0 Å². The van der Waals surface area contributed by atoms with Crippen molar-refractivity contribution in [1.82, 2.24) is 0 Å². The van der Waals surface area contributed by atoms with Gasteiger partial charge in [0.1, 0.15) is 6.61 Å². The number of carbonyl (C=O) groups excluding carboxylic acids is 2. The Balaban J connectivity index is 1.36. The van der Waals surface area contributed by atoms with Gasteiger partial charge in [-0.2, -0.15) is 0 Å². The molecule has 3 aromatic rings. The maximum Gasteiger partial charge on any atom is 0.338 e. The van der Waals surface area contributed by atoms with Gasteiger partial charge in [-0.25, -0.2) is 4.79 Å². The van der Waals surface area contributed by atoms with Crippen LogP contribution in [0.1, 0.15) is 21.5 Å². The van der Waals surface area contributed by atoms with Gasteiger partial charge in [0.15, 0.2) is 18.1 Å². The van der Waals surface area contributed by atoms with Gasteiger partial charge in [0, 0.05) is 12.2 Å². The number of methoxy groups -OCH3 is 1. The first-order valence-electron chi connectivity index (χ1n) is 10.1. The standard InChI is InChI=1S/C25H23NO5/c1-29-23-15-20(11-12-22(23)30-16-18-7-3-2-4-8-18)25(28)31-17-24(27)26-14-13-19-9-5-6-10-21(19)26/h2-12,15H,13-14,16-17H2,1H3. The SMILES string of the molecule is COc1cc(C(=O)OCC(=O)N2CCc3ccccc32)ccc1OCc1ccccc1. The molecule has 0 aliphatic carbocycles. The summed E-state index contributed by atoms with van der Waals surface area (Å²) >= 11 is 0. The number of rotatable bonds is 7. The minimum atomic E-state index is -0.589. The number of ether oxygens (including phenoxy) is 3. The summed E-state index contributed by atoms with van der Waals surface area (Å²) < 4.78 is 16.4. The summed E-state index contributed by atoms with van der Waals surface area (Å²) in [6, 6.07) is 22.3. The Bertz CT molecular complexity index is 1080. The van der Waals surface area contributed by atoms with Gasteiger partial charge in [0.2, 0.25) is 0 Å². The average molecular weight is 417 g/mol. The van der Waals surface area contributed by atoms with Crippen LogP contribution in [0.2, 0.25) is 0 Å². The third-order valence-corrected chi connectivity index (χ3v) is 5.15. The van der Waals surface area contributed by atoms with Gasteiger partial charge in [0.25, 0.3) is 5.91 Å². The van der Waals surface area contributed by atoms with E-state index in [9.17, 15) is 9.59 Å². The van der Waals surface area contributed by atoms with Crippen LogP contribution in [0.4, 0.5) is 5.69 Å². The largest absolute Gasteiger partial charge is 0.493 e. The zero-order valence-electron chi connectivity index (χ0n) is 17.2. The molecule has 1 heterocycles. The van der Waals surface area contributed by atoms with Gasteiger partial charge in [-0.3, -0.25) is 4.79 Å². The summed E-state index contributed by atoms with van der Waals surface area (Å²) in [6.07, 6.45) is 0.803. The Labute approximate surface area is 181 Å². The van der Waals surface area contributed by atoms with Crippen LogP contribution >= 0.6 is 0 Å². The van der Waals surface area contributed by atoms with E-state index in [1.54, 1.807) is 23.1 Å². The zero-order chi connectivity index (χ0) is 21.6. The summed E-state index contributed by atoms with van der Waals surface area (Å²) in [5, 5.41) is 0. The van der Waals surface area contributed by atoms with Crippen molar-refractivity contribution >= 4 is 17.6 Å². The number of esters is 1. The summed E-state index contributed by atoms with van der Waals surface area (Å²) in [4.78, 5) is 26.7. The maximum absolute atomic E-state index is 12.5. The predicted octanol–water partition coefficient (Wildman–Crippen LogP) is 4.02. The number of anilines is 1. The predicted molar refractivity (Wildman–Crippen MR) is 117 cm³/mol. The van der Waals surface area contributed by atoms with Crippen LogP contribution in [0.25, 0.3) is 0 Å². The molecule has 0 unspecified atom stereocenters. The van der Waals surface area contributed by atoms with Crippen LogP contribution in [0.5, 0.6) is 11.5 Å². The van der Waals surface area contributed by atoms with Gasteiger partial charge in [-0.15, -0.1) is 0 Å². The average Bonchev–Trinajstić information content (AvgIpc) is 3.26. The number of fused-ring (bicyclic) bond motifs is 1. The molecule has 31 heavy (non-hydrogen) atoms. The monoisotopic (exact) mass is 417 g/mol. The lowest BCUT2D eigenvalue weighted by Gasteiger charge is -2.17. The fourth-order valence-electron chi connectivity index (χ4n) is 3.53. The smallest absolute Gasteiger partial charge is 0.338 e. The summed E-state index contributed by atoms with van der Waals surface area (Å²) in [5.74, 6) is 0.111. The Morgan fingerprint density at radius 2 is 1.71 bits per heavy atom. The summed E-state index contributed by atoms with van der Waals surface area (Å²) in [7, 11) is 1.51. The van der Waals surface area contributed by atoms with Crippen molar-refractivity contribution in [1.29, 1.82) is 0 Å². The zero-order valence-corrected chi connectivity index (χ0v) is 17.2. The van der Waals surface area contributed by atoms with Crippen molar-refractivity contribution < 1.29 is 23.8 Å². The lowest BCUT2D eigenvalue weighted by atomic mass is 10.2. The second-order valence-corrected chi connectivity index (χ2v) is 7.14. The van der Waals surface area contributed by atoms with E-state index < -0.39 is 5.97 Å². The first-order chi connectivity index (χ1) is 15.2. The van der Waals surface area contributed by atoms with E-state index in [-0.39, 0.29) is 12.5 Å². The topological polar surface area (TPSA) is 65.1 Å². The molecule has 0 radical (unpaired) electrons. The van der Waals surface area contributed by atoms with Gasteiger partial charge in [-0.1, -0.05) is 48.5 Å². The molecule has 1 amide bonds. The Morgan fingerprint density at radius 3 is 2.52 bits per heavy atom. The second-order valence-electron chi connectivity index (χ2n) is 7.14. The van der Waals surface area contributed by atoms with Crippen LogP contribution < -0.4 is 14.4 Å². The van der Waals surface area contributed by atoms with Gasteiger partial charge >= 0.3 is 5.97 Å². The van der Waals surface area contributed by atoms with Gasteiger partial charge < -0.3 is 19.1 Å². The van der Waals surface area contributed by atoms with Crippen LogP contribution in [-0.4, -0.2) is 32.1 Å². The van der Waals surface area contributed by atoms with Crippen molar-refractivity contribution in [3.05, 3.63) is 89.5 Å². The highest BCUT2D eigenvalue weighted by molar-refractivity contribution is 5.98. The molecular formula is C25H23NO5. The van der Waals surface area contributed by atoms with Crippen LogP contribution in [0.15, 0.2) is 72.8 Å². The number of benzene rings is 3. The number of carbonyl (C=O) groups is 2. The van der Waals surface area contributed by atoms with E-state index in [4.69, 9.17) is 14.2 Å². The number of para-hydroxylation sites is 1. The molecule has 0 saturated heterocycles. The van der Waals surface area contributed by atoms with Crippen LogP contribution in [0.3, 0.4) is 0 Å². The van der Waals surface area contributed by atoms with Crippen molar-refractivity contribution in [3.8, 4) is 11.5 Å². The molecule has 0 bridgehead atoms. The molecule has 0 spiro atoms. The normalized spacial score (nSPS) is 12.2. The summed E-state index contributed by atoms with van der Waals surface area (Å²) in [6.45, 7) is 0.658. The van der Waals surface area contributed by atoms with E-state index in [1.807, 2.05) is 54.6 Å². The Morgan fingerprint density at radius 1 is 0.935 bits per heavy atom. The molecule has 1 aliphatic heterocycles. The minimum Gasteiger partial charge on any atom is -0.493 e. The molecule has 0 saturated carbocycles. The van der Waals surface area contributed by atoms with E-state index >= 15 is 0 Å². The fourth-order valence-corrected chi connectivity index (χ4v) is 3.53. The molecule has 0 aromatic heterocycles. The second kappa shape index (κ2) is 9.34. The van der Waals surface area contributed by atoms with E-state index in [0.29, 0.717) is 30.2 Å². The van der Waals surface area contributed by atoms with Gasteiger partial charge in [0.05, 0.1) is 12.7 Å². The fraction of sp³-hybridized carbons (Fsp3) is 0.200. The first-order valence-corrected chi connectivity index (χ1v) is 10.1. The number of nitrogens with zero attached hydrogens (tertiary/aromatic N) is 1. The van der Waals surface area contributed by atoms with Gasteiger partial charge in [-0.05, 0) is 41.8 Å². The molecule has 158 valence electrons. The molecule has 6 nitrogen and oxygen atoms in total. The Kier molecular flexibility index (Phi) is 6.17. The van der Waals surface area contributed by atoms with Crippen molar-refractivity contribution in [2.24, 2.45) is 0 Å². The van der Waals surface area contributed by atoms with E-state index in [0.717, 1.165) is 23.2 Å². The molecule has 0 fully saturated rings. The van der Waals surface area contributed by atoms with E-state index in [1.165, 1.54) is 7.11 Å². The van der Waals surface area contributed by atoms with Crippen LogP contribution in [0, 0.1) is 0 Å². The first kappa shape index (κ1) is 20.5. The molecule has 3 aromatic carbocycles. The quantitative estimate of drug-likeness (QED) is 0.544. The highest BCUT2D eigenvalue weighted by Gasteiger charge is 2.25. The molecule has 0 atom stereocenters. The number of hydrogen-bond donors (Lipinski definition) is 0. The van der Waals surface area contributed by atoms with Crippen molar-refractivity contribution in [3.63, 3.8) is 0 Å². The van der Waals surface area contributed by atoms with E-state index in [2.05, 4.69) is 0 Å². The number of hydrogen-bond acceptors (Lipinski definition) is 5. The molecule has 0 N–H and O–H groups in total. The molecule has 1 aliphatic rings. The molecule has 4 rings (SSSR count).